The first-order valence-corrected chi connectivity index (χ1v) is 8.14. The summed E-state index contributed by atoms with van der Waals surface area (Å²) in [6.45, 7) is 3.17. The van der Waals surface area contributed by atoms with E-state index in [1.54, 1.807) is 0 Å². The summed E-state index contributed by atoms with van der Waals surface area (Å²) in [7, 11) is 0. The van der Waals surface area contributed by atoms with Crippen LogP contribution in [0.3, 0.4) is 0 Å². The Bertz CT molecular complexity index is 561. The second kappa shape index (κ2) is 7.97. The first-order chi connectivity index (χ1) is 11.0. The molecule has 0 aromatic heterocycles. The number of urea groups is 1. The molecular formula is C17H26N4O2. The predicted molar refractivity (Wildman–Crippen MR) is 89.7 cm³/mol. The average molecular weight is 318 g/mol. The van der Waals surface area contributed by atoms with Crippen molar-refractivity contribution in [1.82, 2.24) is 10.2 Å². The zero-order valence-corrected chi connectivity index (χ0v) is 13.6. The van der Waals surface area contributed by atoms with Crippen LogP contribution in [0.15, 0.2) is 24.3 Å². The highest BCUT2D eigenvalue weighted by molar-refractivity contribution is 5.79. The van der Waals surface area contributed by atoms with Gasteiger partial charge in [-0.1, -0.05) is 24.3 Å². The van der Waals surface area contributed by atoms with Crippen molar-refractivity contribution in [2.24, 2.45) is 11.5 Å². The minimum atomic E-state index is -0.625. The van der Waals surface area contributed by atoms with Crippen LogP contribution in [-0.4, -0.2) is 36.0 Å². The van der Waals surface area contributed by atoms with Gasteiger partial charge in [0.25, 0.3) is 0 Å². The fraction of sp³-hybridized carbons (Fsp3) is 0.529. The molecule has 1 heterocycles. The molecule has 2 rings (SSSR count). The topological polar surface area (TPSA) is 101 Å². The number of nitrogens with zero attached hydrogens (tertiary/aromatic N) is 1. The van der Waals surface area contributed by atoms with E-state index in [4.69, 9.17) is 11.5 Å². The number of amides is 3. The van der Waals surface area contributed by atoms with Crippen LogP contribution in [0.2, 0.25) is 0 Å². The van der Waals surface area contributed by atoms with Gasteiger partial charge in [-0.3, -0.25) is 4.79 Å². The summed E-state index contributed by atoms with van der Waals surface area (Å²) in [4.78, 5) is 25.9. The Morgan fingerprint density at radius 3 is 2.74 bits per heavy atom. The molecule has 3 amide bonds. The molecule has 0 radical (unpaired) electrons. The van der Waals surface area contributed by atoms with Crippen LogP contribution in [0.25, 0.3) is 0 Å². The van der Waals surface area contributed by atoms with E-state index in [-0.39, 0.29) is 18.4 Å². The molecule has 1 aromatic carbocycles. The fourth-order valence-electron chi connectivity index (χ4n) is 3.25. The molecule has 1 saturated heterocycles. The van der Waals surface area contributed by atoms with Gasteiger partial charge < -0.3 is 21.7 Å². The van der Waals surface area contributed by atoms with Crippen LogP contribution in [-0.2, 0) is 4.79 Å². The number of hydrogen-bond donors (Lipinski definition) is 3. The van der Waals surface area contributed by atoms with Gasteiger partial charge in [0.2, 0.25) is 5.91 Å². The summed E-state index contributed by atoms with van der Waals surface area (Å²) < 4.78 is 0. The third-order valence-corrected chi connectivity index (χ3v) is 4.48. The molecule has 1 fully saturated rings. The summed E-state index contributed by atoms with van der Waals surface area (Å²) in [5.41, 5.74) is 13.0. The molecule has 1 aliphatic rings. The van der Waals surface area contributed by atoms with Gasteiger partial charge in [0.05, 0.1) is 12.5 Å². The number of rotatable bonds is 5. The summed E-state index contributed by atoms with van der Waals surface area (Å²) >= 11 is 0. The molecule has 6 nitrogen and oxygen atoms in total. The van der Waals surface area contributed by atoms with E-state index in [2.05, 4.69) is 5.32 Å². The second-order valence-electron chi connectivity index (χ2n) is 6.09. The zero-order chi connectivity index (χ0) is 16.8. The Labute approximate surface area is 137 Å². The van der Waals surface area contributed by atoms with E-state index in [0.29, 0.717) is 6.54 Å². The Morgan fingerprint density at radius 1 is 1.35 bits per heavy atom. The van der Waals surface area contributed by atoms with Crippen LogP contribution in [0, 0.1) is 6.92 Å². The lowest BCUT2D eigenvalue weighted by Gasteiger charge is -2.36. The summed E-state index contributed by atoms with van der Waals surface area (Å²) in [5, 5.41) is 2.70. The fourth-order valence-corrected chi connectivity index (χ4v) is 3.25. The third-order valence-electron chi connectivity index (χ3n) is 4.48. The minimum absolute atomic E-state index is 0.0159. The Morgan fingerprint density at radius 2 is 2.09 bits per heavy atom. The molecule has 0 spiro atoms. The zero-order valence-electron chi connectivity index (χ0n) is 13.6. The molecule has 2 atom stereocenters. The SMILES string of the molecule is Cc1ccccc1C(CC(=O)N1CCCCC1CN)NC(N)=O. The summed E-state index contributed by atoms with van der Waals surface area (Å²) in [6, 6.07) is 6.76. The maximum Gasteiger partial charge on any atom is 0.312 e. The van der Waals surface area contributed by atoms with Crippen LogP contribution in [0.5, 0.6) is 0 Å². The lowest BCUT2D eigenvalue weighted by atomic mass is 9.96. The number of primary amides is 1. The third kappa shape index (κ3) is 4.45. The molecular weight excluding hydrogens is 292 g/mol. The van der Waals surface area contributed by atoms with Gasteiger partial charge in [0.1, 0.15) is 0 Å². The van der Waals surface area contributed by atoms with E-state index >= 15 is 0 Å². The maximum absolute atomic E-state index is 12.7. The molecule has 23 heavy (non-hydrogen) atoms. The van der Waals surface area contributed by atoms with Crippen LogP contribution in [0.1, 0.15) is 42.9 Å². The van der Waals surface area contributed by atoms with Gasteiger partial charge in [0, 0.05) is 19.1 Å². The predicted octanol–water partition coefficient (Wildman–Crippen LogP) is 1.43. The molecule has 1 aliphatic heterocycles. The summed E-state index contributed by atoms with van der Waals surface area (Å²) in [6.07, 6.45) is 3.25. The van der Waals surface area contributed by atoms with Crippen molar-refractivity contribution in [2.45, 2.75) is 44.7 Å². The van der Waals surface area contributed by atoms with Crippen molar-refractivity contribution >= 4 is 11.9 Å². The number of nitrogens with two attached hydrogens (primary N) is 2. The standard InChI is InChI=1S/C17H26N4O2/c1-12-6-2-3-8-14(12)15(20-17(19)23)10-16(22)21-9-5-4-7-13(21)11-18/h2-3,6,8,13,15H,4-5,7,9-11,18H2,1H3,(H3,19,20,23). The largest absolute Gasteiger partial charge is 0.352 e. The van der Waals surface area contributed by atoms with Gasteiger partial charge >= 0.3 is 6.03 Å². The number of hydrogen-bond acceptors (Lipinski definition) is 3. The van der Waals surface area contributed by atoms with Gasteiger partial charge in [0.15, 0.2) is 0 Å². The number of carbonyl (C=O) groups is 2. The maximum atomic E-state index is 12.7. The van der Waals surface area contributed by atoms with Crippen LogP contribution < -0.4 is 16.8 Å². The molecule has 2 unspecified atom stereocenters. The van der Waals surface area contributed by atoms with E-state index < -0.39 is 12.1 Å². The number of carbonyl (C=O) groups excluding carboxylic acids is 2. The molecule has 0 saturated carbocycles. The van der Waals surface area contributed by atoms with E-state index in [1.165, 1.54) is 0 Å². The number of likely N-dealkylation sites (tertiary alicyclic amines) is 1. The van der Waals surface area contributed by atoms with Crippen LogP contribution in [0.4, 0.5) is 4.79 Å². The van der Waals surface area contributed by atoms with Gasteiger partial charge in [-0.25, -0.2) is 4.79 Å². The molecule has 1 aromatic rings. The quantitative estimate of drug-likeness (QED) is 0.765. The normalized spacial score (nSPS) is 19.2. The van der Waals surface area contributed by atoms with Crippen molar-refractivity contribution in [1.29, 1.82) is 0 Å². The second-order valence-corrected chi connectivity index (χ2v) is 6.09. The Kier molecular flexibility index (Phi) is 5.98. The van der Waals surface area contributed by atoms with Crippen molar-refractivity contribution in [2.75, 3.05) is 13.1 Å². The lowest BCUT2D eigenvalue weighted by molar-refractivity contribution is -0.135. The van der Waals surface area contributed by atoms with Gasteiger partial charge in [-0.2, -0.15) is 0 Å². The molecule has 126 valence electrons. The van der Waals surface area contributed by atoms with Crippen molar-refractivity contribution in [3.8, 4) is 0 Å². The Balaban J connectivity index is 2.15. The van der Waals surface area contributed by atoms with Crippen molar-refractivity contribution in [3.63, 3.8) is 0 Å². The van der Waals surface area contributed by atoms with Crippen LogP contribution >= 0.6 is 0 Å². The summed E-state index contributed by atoms with van der Waals surface area (Å²) in [5.74, 6) is 0.0159. The highest BCUT2D eigenvalue weighted by Crippen LogP contribution is 2.24. The minimum Gasteiger partial charge on any atom is -0.352 e. The molecule has 0 aliphatic carbocycles. The first kappa shape index (κ1) is 17.3. The molecule has 0 bridgehead atoms. The average Bonchev–Trinajstić information content (AvgIpc) is 2.54. The highest BCUT2D eigenvalue weighted by atomic mass is 16.2. The number of nitrogens with one attached hydrogen (secondary N) is 1. The molecule has 6 heteroatoms. The molecule has 5 N–H and O–H groups in total. The Hall–Kier alpha value is -2.08. The number of benzene rings is 1. The highest BCUT2D eigenvalue weighted by Gasteiger charge is 2.28. The van der Waals surface area contributed by atoms with E-state index in [1.807, 2.05) is 36.1 Å². The van der Waals surface area contributed by atoms with Crippen molar-refractivity contribution in [3.05, 3.63) is 35.4 Å². The van der Waals surface area contributed by atoms with Gasteiger partial charge in [-0.05, 0) is 37.3 Å². The first-order valence-electron chi connectivity index (χ1n) is 8.14. The van der Waals surface area contributed by atoms with E-state index in [0.717, 1.165) is 36.9 Å². The van der Waals surface area contributed by atoms with E-state index in [9.17, 15) is 9.59 Å². The number of aryl methyl sites for hydroxylation is 1. The monoisotopic (exact) mass is 318 g/mol. The number of piperidine rings is 1. The smallest absolute Gasteiger partial charge is 0.312 e. The van der Waals surface area contributed by atoms with Crippen molar-refractivity contribution < 1.29 is 9.59 Å². The lowest BCUT2D eigenvalue weighted by Crippen LogP contribution is -2.48. The van der Waals surface area contributed by atoms with Gasteiger partial charge in [-0.15, -0.1) is 0 Å².